The second-order valence-electron chi connectivity index (χ2n) is 6.97. The highest BCUT2D eigenvalue weighted by molar-refractivity contribution is 7.90. The lowest BCUT2D eigenvalue weighted by Crippen LogP contribution is -2.35. The first-order chi connectivity index (χ1) is 11.1. The maximum Gasteiger partial charge on any atom is 0.271 e. The quantitative estimate of drug-likeness (QED) is 0.900. The zero-order valence-corrected chi connectivity index (χ0v) is 14.3. The first-order valence-corrected chi connectivity index (χ1v) is 10.0. The number of carbonyl (C=O) groups excluding carboxylic acids is 1. The van der Waals surface area contributed by atoms with E-state index in [4.69, 9.17) is 5.73 Å². The minimum Gasteiger partial charge on any atom is -0.369 e. The fourth-order valence-electron chi connectivity index (χ4n) is 4.34. The molecule has 0 unspecified atom stereocenters. The highest BCUT2D eigenvalue weighted by Gasteiger charge is 2.85. The summed E-state index contributed by atoms with van der Waals surface area (Å²) >= 11 is 0. The fraction of sp³-hybridized carbons (Fsp3) is 0.588. The molecule has 2 aliphatic carbocycles. The normalized spacial score (nSPS) is 30.0. The SMILES string of the molecule is CS(=O)(=O)c1ccc([C@]2(C(N)=O)[C@H](C3CCCCC3)C2(F)F)cc1. The van der Waals surface area contributed by atoms with Crippen molar-refractivity contribution >= 4 is 15.7 Å². The summed E-state index contributed by atoms with van der Waals surface area (Å²) in [6.07, 6.45) is 5.20. The second-order valence-corrected chi connectivity index (χ2v) is 8.98. The van der Waals surface area contributed by atoms with Gasteiger partial charge in [0, 0.05) is 6.26 Å². The summed E-state index contributed by atoms with van der Waals surface area (Å²) in [5.74, 6) is -5.54. The number of alkyl halides is 2. The van der Waals surface area contributed by atoms with Crippen LogP contribution in [0.25, 0.3) is 0 Å². The third-order valence-electron chi connectivity index (χ3n) is 5.55. The van der Waals surface area contributed by atoms with E-state index in [1.807, 2.05) is 0 Å². The Labute approximate surface area is 140 Å². The Balaban J connectivity index is 2.02. The lowest BCUT2D eigenvalue weighted by Gasteiger charge is -2.23. The van der Waals surface area contributed by atoms with E-state index in [0.717, 1.165) is 25.5 Å². The lowest BCUT2D eigenvalue weighted by molar-refractivity contribution is -0.123. The summed E-state index contributed by atoms with van der Waals surface area (Å²) in [4.78, 5) is 12.1. The monoisotopic (exact) mass is 357 g/mol. The van der Waals surface area contributed by atoms with Gasteiger partial charge in [-0.05, 0) is 36.5 Å². The highest BCUT2D eigenvalue weighted by atomic mass is 32.2. The van der Waals surface area contributed by atoms with E-state index in [2.05, 4.69) is 0 Å². The molecule has 0 bridgehead atoms. The molecule has 2 atom stereocenters. The van der Waals surface area contributed by atoms with E-state index in [-0.39, 0.29) is 16.4 Å². The molecule has 0 aliphatic heterocycles. The summed E-state index contributed by atoms with van der Waals surface area (Å²) in [6, 6.07) is 5.14. The molecule has 1 amide bonds. The van der Waals surface area contributed by atoms with Crippen LogP contribution >= 0.6 is 0 Å². The van der Waals surface area contributed by atoms with Crippen LogP contribution in [0.2, 0.25) is 0 Å². The molecule has 2 saturated carbocycles. The molecule has 0 aromatic heterocycles. The second kappa shape index (κ2) is 5.51. The van der Waals surface area contributed by atoms with Crippen molar-refractivity contribution in [2.75, 3.05) is 6.26 Å². The number of benzene rings is 1. The number of carbonyl (C=O) groups is 1. The zero-order chi connectivity index (χ0) is 17.8. The Morgan fingerprint density at radius 1 is 1.12 bits per heavy atom. The first-order valence-electron chi connectivity index (χ1n) is 8.12. The molecule has 2 aliphatic rings. The van der Waals surface area contributed by atoms with Crippen LogP contribution in [0.15, 0.2) is 29.2 Å². The number of halogens is 2. The van der Waals surface area contributed by atoms with Gasteiger partial charge in [0.05, 0.1) is 10.8 Å². The third kappa shape index (κ3) is 2.36. The van der Waals surface area contributed by atoms with Crippen LogP contribution in [0.3, 0.4) is 0 Å². The minimum atomic E-state index is -3.43. The molecule has 7 heteroatoms. The van der Waals surface area contributed by atoms with Crippen molar-refractivity contribution in [2.45, 2.75) is 48.3 Å². The number of amides is 1. The predicted molar refractivity (Wildman–Crippen MR) is 85.4 cm³/mol. The Bertz CT molecular complexity index is 755. The van der Waals surface area contributed by atoms with Gasteiger partial charge in [-0.2, -0.15) is 0 Å². The summed E-state index contributed by atoms with van der Waals surface area (Å²) in [7, 11) is -3.43. The van der Waals surface area contributed by atoms with E-state index >= 15 is 0 Å². The van der Waals surface area contributed by atoms with Crippen LogP contribution in [0, 0.1) is 11.8 Å². The average molecular weight is 357 g/mol. The highest BCUT2D eigenvalue weighted by Crippen LogP contribution is 2.70. The molecular formula is C17H21F2NO3S. The molecule has 0 spiro atoms. The van der Waals surface area contributed by atoms with Crippen molar-refractivity contribution in [3.8, 4) is 0 Å². The standard InChI is InChI=1S/C17H21F2NO3S/c1-24(22,23)13-9-7-12(8-10-13)16(15(20)21)14(17(16,18)19)11-5-3-2-4-6-11/h7-11,14H,2-6H2,1H3,(H2,20,21)/t14-,16+/m0/s1. The third-order valence-corrected chi connectivity index (χ3v) is 6.68. The van der Waals surface area contributed by atoms with Crippen LogP contribution < -0.4 is 5.73 Å². The summed E-state index contributed by atoms with van der Waals surface area (Å²) in [6.45, 7) is 0. The van der Waals surface area contributed by atoms with Crippen molar-refractivity contribution in [2.24, 2.45) is 17.6 Å². The first kappa shape index (κ1) is 17.3. The van der Waals surface area contributed by atoms with E-state index in [9.17, 15) is 22.0 Å². The Hall–Kier alpha value is -1.50. The minimum absolute atomic E-state index is 0.0315. The largest absolute Gasteiger partial charge is 0.369 e. The number of hydrogen-bond donors (Lipinski definition) is 1. The molecular weight excluding hydrogens is 336 g/mol. The van der Waals surface area contributed by atoms with Crippen LogP contribution in [-0.4, -0.2) is 26.5 Å². The lowest BCUT2D eigenvalue weighted by atomic mass is 9.80. The predicted octanol–water partition coefficient (Wildman–Crippen LogP) is 2.66. The van der Waals surface area contributed by atoms with Gasteiger partial charge in [-0.3, -0.25) is 4.79 Å². The smallest absolute Gasteiger partial charge is 0.271 e. The molecule has 2 fully saturated rings. The molecule has 24 heavy (non-hydrogen) atoms. The molecule has 0 saturated heterocycles. The Morgan fingerprint density at radius 3 is 2.12 bits per heavy atom. The van der Waals surface area contributed by atoms with E-state index < -0.39 is 33.0 Å². The van der Waals surface area contributed by atoms with Crippen molar-refractivity contribution in [1.82, 2.24) is 0 Å². The Kier molecular flexibility index (Phi) is 3.98. The molecule has 132 valence electrons. The Morgan fingerprint density at radius 2 is 1.67 bits per heavy atom. The van der Waals surface area contributed by atoms with Crippen LogP contribution in [-0.2, 0) is 20.0 Å². The van der Waals surface area contributed by atoms with Crippen LogP contribution in [0.4, 0.5) is 8.78 Å². The number of nitrogens with two attached hydrogens (primary N) is 1. The van der Waals surface area contributed by atoms with Gasteiger partial charge in [0.2, 0.25) is 5.91 Å². The maximum atomic E-state index is 14.8. The molecule has 4 nitrogen and oxygen atoms in total. The van der Waals surface area contributed by atoms with Gasteiger partial charge in [0.1, 0.15) is 5.41 Å². The van der Waals surface area contributed by atoms with Crippen molar-refractivity contribution < 1.29 is 22.0 Å². The van der Waals surface area contributed by atoms with E-state index in [0.29, 0.717) is 12.8 Å². The fourth-order valence-corrected chi connectivity index (χ4v) is 4.97. The van der Waals surface area contributed by atoms with Crippen LogP contribution in [0.1, 0.15) is 37.7 Å². The van der Waals surface area contributed by atoms with Gasteiger partial charge in [-0.25, -0.2) is 17.2 Å². The molecule has 0 heterocycles. The topological polar surface area (TPSA) is 77.2 Å². The molecule has 3 rings (SSSR count). The van der Waals surface area contributed by atoms with Gasteiger partial charge >= 0.3 is 0 Å². The van der Waals surface area contributed by atoms with E-state index in [1.54, 1.807) is 0 Å². The van der Waals surface area contributed by atoms with Crippen molar-refractivity contribution in [3.63, 3.8) is 0 Å². The maximum absolute atomic E-state index is 14.8. The summed E-state index contributed by atoms with van der Waals surface area (Å²) < 4.78 is 52.6. The van der Waals surface area contributed by atoms with E-state index in [1.165, 1.54) is 24.3 Å². The van der Waals surface area contributed by atoms with Gasteiger partial charge in [0.25, 0.3) is 5.92 Å². The molecule has 1 aromatic carbocycles. The molecule has 2 N–H and O–H groups in total. The summed E-state index contributed by atoms with van der Waals surface area (Å²) in [5.41, 5.74) is 3.53. The number of rotatable bonds is 4. The molecule has 0 radical (unpaired) electrons. The van der Waals surface area contributed by atoms with Gasteiger partial charge in [-0.15, -0.1) is 0 Å². The number of primary amides is 1. The molecule has 1 aromatic rings. The van der Waals surface area contributed by atoms with Crippen molar-refractivity contribution in [1.29, 1.82) is 0 Å². The van der Waals surface area contributed by atoms with Gasteiger partial charge in [0.15, 0.2) is 9.84 Å². The number of hydrogen-bond acceptors (Lipinski definition) is 3. The van der Waals surface area contributed by atoms with Gasteiger partial charge < -0.3 is 5.73 Å². The van der Waals surface area contributed by atoms with Gasteiger partial charge in [-0.1, -0.05) is 31.4 Å². The number of sulfone groups is 1. The average Bonchev–Trinajstić information content (AvgIpc) is 3.05. The summed E-state index contributed by atoms with van der Waals surface area (Å²) in [5, 5.41) is 0. The zero-order valence-electron chi connectivity index (χ0n) is 13.5. The van der Waals surface area contributed by atoms with Crippen LogP contribution in [0.5, 0.6) is 0 Å². The van der Waals surface area contributed by atoms with Crippen molar-refractivity contribution in [3.05, 3.63) is 29.8 Å².